The first-order valence-corrected chi connectivity index (χ1v) is 9.95. The molecule has 3 aromatic carbocycles. The molecule has 3 aromatic rings. The van der Waals surface area contributed by atoms with Gasteiger partial charge >= 0.3 is 0 Å². The molecule has 0 aliphatic heterocycles. The molecule has 0 aromatic heterocycles. The van der Waals surface area contributed by atoms with E-state index in [1.54, 1.807) is 0 Å². The molecule has 0 fully saturated rings. The maximum absolute atomic E-state index is 5.53. The van der Waals surface area contributed by atoms with Gasteiger partial charge in [0.25, 0.3) is 0 Å². The summed E-state index contributed by atoms with van der Waals surface area (Å²) >= 11 is 0. The van der Waals surface area contributed by atoms with Crippen LogP contribution in [0.3, 0.4) is 0 Å². The van der Waals surface area contributed by atoms with Crippen molar-refractivity contribution in [2.75, 3.05) is 18.5 Å². The number of benzene rings is 3. The van der Waals surface area contributed by atoms with Gasteiger partial charge in [0.1, 0.15) is 11.5 Å². The number of rotatable bonds is 7. The van der Waals surface area contributed by atoms with Crippen molar-refractivity contribution in [2.24, 2.45) is 0 Å². The number of hydrogen-bond donors (Lipinski definition) is 2. The largest absolute Gasteiger partial charge is 1.00 e. The summed E-state index contributed by atoms with van der Waals surface area (Å²) in [6, 6.07) is 24.5. The van der Waals surface area contributed by atoms with Gasteiger partial charge in [-0.3, -0.25) is 0 Å². The number of hydrogen-bond acceptors (Lipinski definition) is 3. The summed E-state index contributed by atoms with van der Waals surface area (Å²) in [5.41, 5.74) is 6.54. The molecule has 0 atom stereocenters. The van der Waals surface area contributed by atoms with Gasteiger partial charge in [-0.2, -0.15) is 0 Å². The second kappa shape index (κ2) is 9.99. The van der Waals surface area contributed by atoms with Crippen LogP contribution in [0.15, 0.2) is 78.9 Å². The Morgan fingerprint density at radius 2 is 1.30 bits per heavy atom. The summed E-state index contributed by atoms with van der Waals surface area (Å²) in [6.45, 7) is 5.31. The van der Waals surface area contributed by atoms with Gasteiger partial charge in [0, 0.05) is 29.5 Å². The van der Waals surface area contributed by atoms with E-state index < -0.39 is 0 Å². The molecule has 0 spiro atoms. The lowest BCUT2D eigenvalue weighted by Gasteiger charge is -2.09. The zero-order valence-electron chi connectivity index (χ0n) is 17.1. The minimum atomic E-state index is 0. The predicted molar refractivity (Wildman–Crippen MR) is 118 cm³/mol. The number of ether oxygens (including phenoxy) is 2. The highest BCUT2D eigenvalue weighted by Gasteiger charge is 2.23. The Bertz CT molecular complexity index is 1040. The van der Waals surface area contributed by atoms with Crippen molar-refractivity contribution in [3.05, 3.63) is 90.0 Å². The summed E-state index contributed by atoms with van der Waals surface area (Å²) in [4.78, 5) is 3.53. The molecule has 5 heteroatoms. The first kappa shape index (κ1) is 21.5. The molecule has 0 unspecified atom stereocenters. The van der Waals surface area contributed by atoms with E-state index in [-0.39, 0.29) is 12.4 Å². The molecule has 1 aliphatic carbocycles. The lowest BCUT2D eigenvalue weighted by Crippen LogP contribution is -3.00. The highest BCUT2D eigenvalue weighted by molar-refractivity contribution is 6.18. The van der Waals surface area contributed by atoms with Gasteiger partial charge < -0.3 is 27.2 Å². The Balaban J connectivity index is 0.00000256. The lowest BCUT2D eigenvalue weighted by atomic mass is 10.1. The topological polar surface area (TPSA) is 44.5 Å². The zero-order chi connectivity index (χ0) is 20.1. The average molecular weight is 421 g/mol. The van der Waals surface area contributed by atoms with Gasteiger partial charge in [0.2, 0.25) is 11.4 Å². The normalized spacial score (nSPS) is 13.3. The number of anilines is 1. The highest BCUT2D eigenvalue weighted by Crippen LogP contribution is 2.28. The van der Waals surface area contributed by atoms with Crippen LogP contribution in [0.1, 0.15) is 25.0 Å². The van der Waals surface area contributed by atoms with E-state index in [1.807, 2.05) is 62.4 Å². The van der Waals surface area contributed by atoms with Crippen LogP contribution in [0.25, 0.3) is 5.70 Å². The van der Waals surface area contributed by atoms with E-state index in [4.69, 9.17) is 9.47 Å². The summed E-state index contributed by atoms with van der Waals surface area (Å²) in [5, 5.41) is 3.53. The van der Waals surface area contributed by atoms with Gasteiger partial charge in [-0.15, -0.1) is 0 Å². The second-order valence-electron chi connectivity index (χ2n) is 6.68. The van der Waals surface area contributed by atoms with Crippen LogP contribution in [0.5, 0.6) is 11.5 Å². The zero-order valence-corrected chi connectivity index (χ0v) is 17.9. The van der Waals surface area contributed by atoms with Crippen molar-refractivity contribution < 1.29 is 26.9 Å². The van der Waals surface area contributed by atoms with Crippen molar-refractivity contribution in [3.63, 3.8) is 0 Å². The fourth-order valence-corrected chi connectivity index (χ4v) is 3.37. The number of fused-ring (bicyclic) bond motifs is 1. The van der Waals surface area contributed by atoms with Crippen LogP contribution in [0.4, 0.5) is 11.4 Å². The average Bonchev–Trinajstić information content (AvgIpc) is 3.09. The van der Waals surface area contributed by atoms with Crippen LogP contribution >= 0.6 is 0 Å². The third kappa shape index (κ3) is 4.84. The van der Waals surface area contributed by atoms with E-state index in [1.165, 1.54) is 11.1 Å². The maximum Gasteiger partial charge on any atom is 0.214 e. The molecule has 0 radical (unpaired) electrons. The quantitative estimate of drug-likeness (QED) is 0.603. The number of nitrogens with one attached hydrogen (secondary N) is 2. The smallest absolute Gasteiger partial charge is 0.214 e. The van der Waals surface area contributed by atoms with Crippen molar-refractivity contribution in [3.8, 4) is 11.5 Å². The number of allylic oxidation sites excluding steroid dienone is 1. The summed E-state index contributed by atoms with van der Waals surface area (Å²) in [5.74, 6) is 1.76. The molecule has 154 valence electrons. The molecule has 0 bridgehead atoms. The first-order valence-electron chi connectivity index (χ1n) is 9.95. The SMILES string of the molecule is CCOc1ccc(NC2=CC(=[NH+]c3ccc(OCC)cc3)c3ccccc32)cc1.[Cl-]. The summed E-state index contributed by atoms with van der Waals surface area (Å²) in [7, 11) is 0. The minimum absolute atomic E-state index is 0. The molecule has 2 N–H and O–H groups in total. The molecule has 0 saturated carbocycles. The fourth-order valence-electron chi connectivity index (χ4n) is 3.37. The third-order valence-electron chi connectivity index (χ3n) is 4.68. The first-order chi connectivity index (χ1) is 14.3. The van der Waals surface area contributed by atoms with E-state index in [0.717, 1.165) is 34.3 Å². The molecular formula is C25H25ClN2O2. The van der Waals surface area contributed by atoms with Crippen molar-refractivity contribution in [2.45, 2.75) is 13.8 Å². The Labute approximate surface area is 183 Å². The van der Waals surface area contributed by atoms with Gasteiger partial charge in [-0.1, -0.05) is 18.2 Å². The van der Waals surface area contributed by atoms with Crippen molar-refractivity contribution >= 4 is 22.8 Å². The van der Waals surface area contributed by atoms with Crippen molar-refractivity contribution in [1.29, 1.82) is 0 Å². The van der Waals surface area contributed by atoms with E-state index in [2.05, 4.69) is 40.7 Å². The van der Waals surface area contributed by atoms with Crippen LogP contribution in [0.2, 0.25) is 0 Å². The van der Waals surface area contributed by atoms with Crippen LogP contribution in [-0.4, -0.2) is 18.9 Å². The molecule has 30 heavy (non-hydrogen) atoms. The Kier molecular flexibility index (Phi) is 7.15. The van der Waals surface area contributed by atoms with E-state index >= 15 is 0 Å². The summed E-state index contributed by atoms with van der Waals surface area (Å²) in [6.07, 6.45) is 2.15. The predicted octanol–water partition coefficient (Wildman–Crippen LogP) is 1.16. The molecule has 4 nitrogen and oxygen atoms in total. The molecule has 0 amide bonds. The molecular weight excluding hydrogens is 396 g/mol. The van der Waals surface area contributed by atoms with Crippen molar-refractivity contribution in [1.82, 2.24) is 0 Å². The lowest BCUT2D eigenvalue weighted by molar-refractivity contribution is -0.351. The summed E-state index contributed by atoms with van der Waals surface area (Å²) < 4.78 is 11.1. The van der Waals surface area contributed by atoms with Gasteiger partial charge in [0.15, 0.2) is 0 Å². The highest BCUT2D eigenvalue weighted by atomic mass is 35.5. The van der Waals surface area contributed by atoms with E-state index in [0.29, 0.717) is 13.2 Å². The standard InChI is InChI=1S/C25H24N2O2.ClH/c1-3-28-20-13-9-18(10-14-20)26-24-17-25(23-8-6-5-7-22(23)24)27-19-11-15-21(16-12-19)29-4-2;/h5-17,26H,3-4H2,1-2H3;1H. The monoisotopic (exact) mass is 420 g/mol. The van der Waals surface area contributed by atoms with Crippen LogP contribution in [0, 0.1) is 0 Å². The van der Waals surface area contributed by atoms with Crippen LogP contribution < -0.4 is 32.2 Å². The molecule has 4 rings (SSSR count). The Morgan fingerprint density at radius 3 is 1.90 bits per heavy atom. The van der Waals surface area contributed by atoms with Gasteiger partial charge in [-0.05, 0) is 56.3 Å². The van der Waals surface area contributed by atoms with Gasteiger partial charge in [-0.25, -0.2) is 4.99 Å². The molecule has 0 saturated heterocycles. The molecule has 1 aliphatic rings. The Morgan fingerprint density at radius 1 is 0.733 bits per heavy atom. The maximum atomic E-state index is 5.53. The second-order valence-corrected chi connectivity index (χ2v) is 6.68. The fraction of sp³-hybridized carbons (Fsp3) is 0.160. The number of halogens is 1. The Hall–Kier alpha value is -3.24. The minimum Gasteiger partial charge on any atom is -1.00 e. The molecule has 0 heterocycles. The van der Waals surface area contributed by atoms with Crippen LogP contribution in [-0.2, 0) is 0 Å². The van der Waals surface area contributed by atoms with Gasteiger partial charge in [0.05, 0.1) is 24.5 Å². The third-order valence-corrected chi connectivity index (χ3v) is 4.68. The van der Waals surface area contributed by atoms with E-state index in [9.17, 15) is 0 Å².